The Balaban J connectivity index is 1.72. The van der Waals surface area contributed by atoms with Crippen molar-refractivity contribution in [3.8, 4) is 0 Å². The Morgan fingerprint density at radius 1 is 1.21 bits per heavy atom. The van der Waals surface area contributed by atoms with Crippen LogP contribution in [0.2, 0.25) is 0 Å². The van der Waals surface area contributed by atoms with Crippen LogP contribution in [0, 0.1) is 25.7 Å². The van der Waals surface area contributed by atoms with Crippen molar-refractivity contribution in [1.82, 2.24) is 20.8 Å². The third kappa shape index (κ3) is 4.77. The molecule has 150 valence electrons. The van der Waals surface area contributed by atoms with Gasteiger partial charge >= 0.3 is 0 Å². The highest BCUT2D eigenvalue weighted by Crippen LogP contribution is 2.36. The van der Waals surface area contributed by atoms with Crippen LogP contribution in [0.25, 0.3) is 0 Å². The van der Waals surface area contributed by atoms with Crippen LogP contribution in [0.3, 0.4) is 0 Å². The Hall–Kier alpha value is -2.70. The Morgan fingerprint density at radius 2 is 1.96 bits per heavy atom. The molecule has 2 heterocycles. The highest BCUT2D eigenvalue weighted by Gasteiger charge is 2.32. The maximum atomic E-state index is 12.9. The monoisotopic (exact) mass is 384 g/mol. The van der Waals surface area contributed by atoms with Gasteiger partial charge in [0.2, 0.25) is 5.91 Å². The van der Waals surface area contributed by atoms with Crippen LogP contribution < -0.4 is 10.6 Å². The summed E-state index contributed by atoms with van der Waals surface area (Å²) in [7, 11) is 0. The van der Waals surface area contributed by atoms with Gasteiger partial charge in [-0.15, -0.1) is 0 Å². The first-order valence-electron chi connectivity index (χ1n) is 9.84. The van der Waals surface area contributed by atoms with E-state index in [4.69, 9.17) is 4.52 Å². The molecule has 2 N–H and O–H groups in total. The van der Waals surface area contributed by atoms with Gasteiger partial charge in [-0.1, -0.05) is 11.2 Å². The highest BCUT2D eigenvalue weighted by atomic mass is 16.5. The predicted molar refractivity (Wildman–Crippen MR) is 105 cm³/mol. The van der Waals surface area contributed by atoms with Crippen LogP contribution in [-0.4, -0.2) is 28.5 Å². The van der Waals surface area contributed by atoms with Crippen LogP contribution >= 0.6 is 0 Å². The van der Waals surface area contributed by atoms with Gasteiger partial charge in [0.05, 0.1) is 17.4 Å². The Labute approximate surface area is 165 Å². The lowest BCUT2D eigenvalue weighted by atomic mass is 9.77. The SMILES string of the molecule is CC(=O)NCC1CCC([C@@H](NC(=O)c2c(C)noc2C)c2ccccn2)CC1. The largest absolute Gasteiger partial charge is 0.361 e. The van der Waals surface area contributed by atoms with E-state index in [1.54, 1.807) is 27.0 Å². The van der Waals surface area contributed by atoms with Crippen molar-refractivity contribution >= 4 is 11.8 Å². The van der Waals surface area contributed by atoms with Gasteiger partial charge in [0.15, 0.2) is 0 Å². The molecule has 7 nitrogen and oxygen atoms in total. The predicted octanol–water partition coefficient (Wildman–Crippen LogP) is 3.10. The molecule has 28 heavy (non-hydrogen) atoms. The first kappa shape index (κ1) is 20.0. The normalized spacial score (nSPS) is 20.4. The van der Waals surface area contributed by atoms with Gasteiger partial charge in [0, 0.05) is 19.7 Å². The third-order valence-electron chi connectivity index (χ3n) is 5.56. The molecular weight excluding hydrogens is 356 g/mol. The van der Waals surface area contributed by atoms with Crippen molar-refractivity contribution in [2.24, 2.45) is 11.8 Å². The molecule has 2 amide bonds. The van der Waals surface area contributed by atoms with E-state index < -0.39 is 0 Å². The number of hydrogen-bond acceptors (Lipinski definition) is 5. The molecule has 0 aromatic carbocycles. The molecule has 2 aromatic rings. The third-order valence-corrected chi connectivity index (χ3v) is 5.56. The zero-order valence-electron chi connectivity index (χ0n) is 16.7. The fraction of sp³-hybridized carbons (Fsp3) is 0.524. The van der Waals surface area contributed by atoms with Crippen LogP contribution in [-0.2, 0) is 4.79 Å². The van der Waals surface area contributed by atoms with Crippen molar-refractivity contribution in [2.45, 2.75) is 52.5 Å². The van der Waals surface area contributed by atoms with E-state index in [1.807, 2.05) is 18.2 Å². The number of carbonyl (C=O) groups excluding carboxylic acids is 2. The fourth-order valence-corrected chi connectivity index (χ4v) is 4.03. The Bertz CT molecular complexity index is 791. The van der Waals surface area contributed by atoms with Crippen molar-refractivity contribution in [3.63, 3.8) is 0 Å². The number of aryl methyl sites for hydroxylation is 2. The van der Waals surface area contributed by atoms with Crippen LogP contribution in [0.4, 0.5) is 0 Å². The van der Waals surface area contributed by atoms with Crippen molar-refractivity contribution in [2.75, 3.05) is 6.54 Å². The number of pyridine rings is 1. The summed E-state index contributed by atoms with van der Waals surface area (Å²) in [6.45, 7) is 5.79. The molecule has 0 spiro atoms. The van der Waals surface area contributed by atoms with Gasteiger partial charge in [-0.2, -0.15) is 0 Å². The summed E-state index contributed by atoms with van der Waals surface area (Å²) >= 11 is 0. The molecular formula is C21H28N4O3. The number of aromatic nitrogens is 2. The van der Waals surface area contributed by atoms with E-state index in [0.29, 0.717) is 28.9 Å². The number of carbonyl (C=O) groups is 2. The van der Waals surface area contributed by atoms with Gasteiger partial charge in [-0.3, -0.25) is 14.6 Å². The summed E-state index contributed by atoms with van der Waals surface area (Å²) in [6, 6.07) is 5.62. The minimum absolute atomic E-state index is 0.0141. The molecule has 0 radical (unpaired) electrons. The second-order valence-electron chi connectivity index (χ2n) is 7.62. The lowest BCUT2D eigenvalue weighted by molar-refractivity contribution is -0.119. The first-order chi connectivity index (χ1) is 13.5. The summed E-state index contributed by atoms with van der Waals surface area (Å²) in [6.07, 6.45) is 5.76. The summed E-state index contributed by atoms with van der Waals surface area (Å²) < 4.78 is 5.15. The number of amides is 2. The molecule has 2 aromatic heterocycles. The second-order valence-corrected chi connectivity index (χ2v) is 7.62. The van der Waals surface area contributed by atoms with Gasteiger partial charge in [0.25, 0.3) is 5.91 Å². The van der Waals surface area contributed by atoms with Gasteiger partial charge in [-0.25, -0.2) is 0 Å². The lowest BCUT2D eigenvalue weighted by Gasteiger charge is -2.34. The van der Waals surface area contributed by atoms with E-state index in [0.717, 1.165) is 37.9 Å². The van der Waals surface area contributed by atoms with Crippen molar-refractivity contribution < 1.29 is 14.1 Å². The summed E-state index contributed by atoms with van der Waals surface area (Å²) in [5.41, 5.74) is 1.96. The van der Waals surface area contributed by atoms with E-state index in [9.17, 15) is 9.59 Å². The number of rotatable bonds is 6. The molecule has 1 aliphatic rings. The minimum Gasteiger partial charge on any atom is -0.361 e. The smallest absolute Gasteiger partial charge is 0.257 e. The molecule has 7 heteroatoms. The van der Waals surface area contributed by atoms with E-state index in [2.05, 4.69) is 20.8 Å². The van der Waals surface area contributed by atoms with Crippen molar-refractivity contribution in [3.05, 3.63) is 47.1 Å². The van der Waals surface area contributed by atoms with E-state index >= 15 is 0 Å². The molecule has 0 aliphatic heterocycles. The summed E-state index contributed by atoms with van der Waals surface area (Å²) in [5.74, 6) is 1.15. The van der Waals surface area contributed by atoms with Gasteiger partial charge in [0.1, 0.15) is 11.3 Å². The van der Waals surface area contributed by atoms with E-state index in [1.165, 1.54) is 0 Å². The molecule has 1 fully saturated rings. The van der Waals surface area contributed by atoms with E-state index in [-0.39, 0.29) is 17.9 Å². The standard InChI is InChI=1S/C21H28N4O3/c1-13-19(14(2)28-25-13)21(27)24-20(18-6-4-5-11-22-18)17-9-7-16(8-10-17)12-23-15(3)26/h4-6,11,16-17,20H,7-10,12H2,1-3H3,(H,23,26)(H,24,27)/t16?,17?,20-/m1/s1. The quantitative estimate of drug-likeness (QED) is 0.798. The molecule has 1 atom stereocenters. The zero-order chi connectivity index (χ0) is 20.1. The fourth-order valence-electron chi connectivity index (χ4n) is 4.03. The zero-order valence-corrected chi connectivity index (χ0v) is 16.7. The van der Waals surface area contributed by atoms with Gasteiger partial charge in [-0.05, 0) is 63.5 Å². The lowest BCUT2D eigenvalue weighted by Crippen LogP contribution is -2.37. The Morgan fingerprint density at radius 3 is 2.54 bits per heavy atom. The number of nitrogens with one attached hydrogen (secondary N) is 2. The van der Waals surface area contributed by atoms with Crippen molar-refractivity contribution in [1.29, 1.82) is 0 Å². The second kappa shape index (κ2) is 8.99. The molecule has 1 saturated carbocycles. The van der Waals surface area contributed by atoms with Crippen LogP contribution in [0.15, 0.2) is 28.9 Å². The maximum absolute atomic E-state index is 12.9. The minimum atomic E-state index is -0.174. The number of nitrogens with zero attached hydrogens (tertiary/aromatic N) is 2. The topological polar surface area (TPSA) is 97.1 Å². The average molecular weight is 384 g/mol. The van der Waals surface area contributed by atoms with Crippen LogP contribution in [0.5, 0.6) is 0 Å². The molecule has 0 bridgehead atoms. The Kier molecular flexibility index (Phi) is 6.44. The molecule has 3 rings (SSSR count). The number of hydrogen-bond donors (Lipinski definition) is 2. The molecule has 0 unspecified atom stereocenters. The average Bonchev–Trinajstić information content (AvgIpc) is 3.04. The van der Waals surface area contributed by atoms with Gasteiger partial charge < -0.3 is 15.2 Å². The summed E-state index contributed by atoms with van der Waals surface area (Å²) in [4.78, 5) is 28.6. The molecule has 0 saturated heterocycles. The molecule has 1 aliphatic carbocycles. The maximum Gasteiger partial charge on any atom is 0.257 e. The summed E-state index contributed by atoms with van der Waals surface area (Å²) in [5, 5.41) is 9.99. The highest BCUT2D eigenvalue weighted by molar-refractivity contribution is 5.96. The first-order valence-corrected chi connectivity index (χ1v) is 9.84. The van der Waals surface area contributed by atoms with Crippen LogP contribution in [0.1, 0.15) is 66.2 Å².